The predicted molar refractivity (Wildman–Crippen MR) is 132 cm³/mol. The van der Waals surface area contributed by atoms with E-state index in [-0.39, 0.29) is 0 Å². The maximum Gasteiger partial charge on any atom is 0.173 e. The van der Waals surface area contributed by atoms with Crippen LogP contribution >= 0.6 is 38.5 Å². The number of rotatable bonds is 5. The molecule has 0 radical (unpaired) electrons. The number of nitrogens with zero attached hydrogens (tertiary/aromatic N) is 5. The van der Waals surface area contributed by atoms with Crippen molar-refractivity contribution in [2.24, 2.45) is 7.05 Å². The third-order valence-electron chi connectivity index (χ3n) is 5.71. The van der Waals surface area contributed by atoms with Gasteiger partial charge in [-0.2, -0.15) is 9.61 Å². The standard InChI is InChI=1S/C21H23BrIN7/c1-29-12-25-17-8-13(6-7-18(17)29)10-24-20-9-19(27-16-5-3-2-4-15(16)23)28-21-14(22)11-26-30(20)21/h6-9,11-12,15-16,24H,2-5,10H2,1H3,(H,27,28)/t15-,16+/m1/s1. The Morgan fingerprint density at radius 1 is 1.23 bits per heavy atom. The third kappa shape index (κ3) is 3.89. The molecule has 9 heteroatoms. The number of imidazole rings is 1. The molecule has 3 heterocycles. The van der Waals surface area contributed by atoms with Gasteiger partial charge in [-0.3, -0.25) is 0 Å². The second-order valence-corrected chi connectivity index (χ2v) is 10.3. The summed E-state index contributed by atoms with van der Waals surface area (Å²) in [6.07, 6.45) is 8.68. The molecule has 1 saturated carbocycles. The van der Waals surface area contributed by atoms with Crippen LogP contribution in [-0.4, -0.2) is 34.1 Å². The minimum atomic E-state index is 0.454. The largest absolute Gasteiger partial charge is 0.366 e. The fourth-order valence-corrected chi connectivity index (χ4v) is 5.39. The first-order chi connectivity index (χ1) is 14.6. The minimum Gasteiger partial charge on any atom is -0.366 e. The maximum atomic E-state index is 4.81. The van der Waals surface area contributed by atoms with E-state index in [0.717, 1.165) is 32.8 Å². The summed E-state index contributed by atoms with van der Waals surface area (Å²) in [6.45, 7) is 0.681. The lowest BCUT2D eigenvalue weighted by molar-refractivity contribution is 0.485. The molecule has 1 aromatic carbocycles. The number of halogens is 2. The Morgan fingerprint density at radius 2 is 2.10 bits per heavy atom. The van der Waals surface area contributed by atoms with Gasteiger partial charge in [-0.1, -0.05) is 41.5 Å². The van der Waals surface area contributed by atoms with Crippen LogP contribution in [0.4, 0.5) is 11.6 Å². The molecule has 0 amide bonds. The van der Waals surface area contributed by atoms with E-state index >= 15 is 0 Å². The highest BCUT2D eigenvalue weighted by Crippen LogP contribution is 2.29. The minimum absolute atomic E-state index is 0.454. The van der Waals surface area contributed by atoms with Gasteiger partial charge in [0, 0.05) is 29.6 Å². The molecule has 0 unspecified atom stereocenters. The molecule has 2 atom stereocenters. The van der Waals surface area contributed by atoms with Crippen LogP contribution in [0.15, 0.2) is 41.3 Å². The van der Waals surface area contributed by atoms with Crippen molar-refractivity contribution in [1.82, 2.24) is 24.1 Å². The predicted octanol–water partition coefficient (Wildman–Crippen LogP) is 5.15. The summed E-state index contributed by atoms with van der Waals surface area (Å²) in [5.41, 5.74) is 4.12. The van der Waals surface area contributed by atoms with Crippen molar-refractivity contribution in [2.45, 2.75) is 42.2 Å². The van der Waals surface area contributed by atoms with Crippen LogP contribution in [0.5, 0.6) is 0 Å². The number of anilines is 2. The Kier molecular flexibility index (Phi) is 5.57. The molecule has 1 fully saturated rings. The zero-order valence-electron chi connectivity index (χ0n) is 16.6. The first kappa shape index (κ1) is 20.0. The summed E-state index contributed by atoms with van der Waals surface area (Å²) in [5.74, 6) is 1.80. The van der Waals surface area contributed by atoms with Crippen molar-refractivity contribution in [3.05, 3.63) is 46.8 Å². The van der Waals surface area contributed by atoms with E-state index in [1.54, 1.807) is 6.20 Å². The number of fused-ring (bicyclic) bond motifs is 2. The zero-order chi connectivity index (χ0) is 20.7. The van der Waals surface area contributed by atoms with Gasteiger partial charge in [-0.05, 0) is 46.5 Å². The molecule has 0 bridgehead atoms. The van der Waals surface area contributed by atoms with E-state index in [9.17, 15) is 0 Å². The van der Waals surface area contributed by atoms with E-state index in [0.29, 0.717) is 16.5 Å². The molecule has 1 aliphatic rings. The fourth-order valence-electron chi connectivity index (χ4n) is 4.06. The van der Waals surface area contributed by atoms with Gasteiger partial charge < -0.3 is 15.2 Å². The summed E-state index contributed by atoms with van der Waals surface area (Å²) in [6, 6.07) is 8.89. The number of nitrogens with one attached hydrogen (secondary N) is 2. The van der Waals surface area contributed by atoms with E-state index in [1.807, 2.05) is 22.5 Å². The van der Waals surface area contributed by atoms with Crippen molar-refractivity contribution < 1.29 is 0 Å². The molecule has 30 heavy (non-hydrogen) atoms. The van der Waals surface area contributed by atoms with Gasteiger partial charge in [-0.25, -0.2) is 9.97 Å². The van der Waals surface area contributed by atoms with Crippen molar-refractivity contribution >= 4 is 66.8 Å². The normalized spacial score (nSPS) is 19.4. The fraction of sp³-hybridized carbons (Fsp3) is 0.381. The lowest BCUT2D eigenvalue weighted by Gasteiger charge is -2.28. The van der Waals surface area contributed by atoms with Crippen LogP contribution in [0.2, 0.25) is 0 Å². The van der Waals surface area contributed by atoms with Crippen LogP contribution in [0, 0.1) is 0 Å². The highest BCUT2D eigenvalue weighted by molar-refractivity contribution is 14.1. The molecular weight excluding hydrogens is 557 g/mol. The zero-order valence-corrected chi connectivity index (χ0v) is 20.4. The topological polar surface area (TPSA) is 72.1 Å². The summed E-state index contributed by atoms with van der Waals surface area (Å²) in [4.78, 5) is 9.27. The van der Waals surface area contributed by atoms with Crippen LogP contribution in [0.25, 0.3) is 16.7 Å². The van der Waals surface area contributed by atoms with Gasteiger partial charge in [0.05, 0.1) is 28.0 Å². The number of hydrogen-bond acceptors (Lipinski definition) is 5. The van der Waals surface area contributed by atoms with E-state index in [2.05, 4.69) is 83.5 Å². The lowest BCUT2D eigenvalue weighted by Crippen LogP contribution is -2.32. The lowest BCUT2D eigenvalue weighted by atomic mass is 9.95. The van der Waals surface area contributed by atoms with Crippen molar-refractivity contribution in [2.75, 3.05) is 10.6 Å². The second-order valence-electron chi connectivity index (χ2n) is 7.84. The van der Waals surface area contributed by atoms with Gasteiger partial charge in [0.25, 0.3) is 0 Å². The second kappa shape index (κ2) is 8.33. The molecular formula is C21H23BrIN7. The van der Waals surface area contributed by atoms with Crippen LogP contribution in [0.3, 0.4) is 0 Å². The molecule has 0 aliphatic heterocycles. The first-order valence-electron chi connectivity index (χ1n) is 10.2. The molecule has 0 spiro atoms. The Bertz CT molecular complexity index is 1200. The van der Waals surface area contributed by atoms with E-state index in [1.165, 1.54) is 31.2 Å². The summed E-state index contributed by atoms with van der Waals surface area (Å²) < 4.78 is 5.39. The average Bonchev–Trinajstić information content (AvgIpc) is 3.31. The molecule has 156 valence electrons. The van der Waals surface area contributed by atoms with Gasteiger partial charge in [0.1, 0.15) is 11.6 Å². The number of alkyl halides is 1. The highest BCUT2D eigenvalue weighted by Gasteiger charge is 2.23. The SMILES string of the molecule is Cn1cnc2cc(CNc3cc(N[C@H]4CCCC[C@H]4I)nc4c(Br)cnn34)ccc21. The number of hydrogen-bond donors (Lipinski definition) is 2. The van der Waals surface area contributed by atoms with Crippen molar-refractivity contribution in [3.8, 4) is 0 Å². The first-order valence-corrected chi connectivity index (χ1v) is 12.2. The molecule has 2 N–H and O–H groups in total. The van der Waals surface area contributed by atoms with E-state index in [4.69, 9.17) is 4.98 Å². The Balaban J connectivity index is 1.41. The average molecular weight is 580 g/mol. The third-order valence-corrected chi connectivity index (χ3v) is 7.76. The number of benzene rings is 1. The molecule has 1 aliphatic carbocycles. The van der Waals surface area contributed by atoms with Crippen LogP contribution in [0.1, 0.15) is 31.2 Å². The molecule has 4 aromatic rings. The Hall–Kier alpha value is -1.88. The van der Waals surface area contributed by atoms with Gasteiger partial charge in [0.2, 0.25) is 0 Å². The number of aryl methyl sites for hydroxylation is 1. The smallest absolute Gasteiger partial charge is 0.173 e. The van der Waals surface area contributed by atoms with Crippen molar-refractivity contribution in [3.63, 3.8) is 0 Å². The maximum absolute atomic E-state index is 4.81. The molecule has 7 nitrogen and oxygen atoms in total. The number of aromatic nitrogens is 5. The van der Waals surface area contributed by atoms with Crippen molar-refractivity contribution in [1.29, 1.82) is 0 Å². The summed E-state index contributed by atoms with van der Waals surface area (Å²) in [7, 11) is 2.01. The quantitative estimate of drug-likeness (QED) is 0.253. The summed E-state index contributed by atoms with van der Waals surface area (Å²) >= 11 is 6.15. The van der Waals surface area contributed by atoms with Gasteiger partial charge in [-0.15, -0.1) is 0 Å². The Labute approximate surface area is 196 Å². The molecule has 0 saturated heterocycles. The Morgan fingerprint density at radius 3 is 2.97 bits per heavy atom. The molecule has 3 aromatic heterocycles. The van der Waals surface area contributed by atoms with Gasteiger partial charge >= 0.3 is 0 Å². The molecule has 5 rings (SSSR count). The van der Waals surface area contributed by atoms with Crippen LogP contribution in [-0.2, 0) is 13.6 Å². The van der Waals surface area contributed by atoms with Crippen LogP contribution < -0.4 is 10.6 Å². The van der Waals surface area contributed by atoms with E-state index < -0.39 is 0 Å². The van der Waals surface area contributed by atoms with Gasteiger partial charge in [0.15, 0.2) is 5.65 Å². The summed E-state index contributed by atoms with van der Waals surface area (Å²) in [5, 5.41) is 11.7. The highest BCUT2D eigenvalue weighted by atomic mass is 127. The monoisotopic (exact) mass is 579 g/mol.